The number of aliphatic imine (C=N–C) groups is 1. The average molecular weight is 427 g/mol. The molecule has 0 heterocycles. The van der Waals surface area contributed by atoms with E-state index in [4.69, 9.17) is 9.47 Å². The molecule has 2 N–H and O–H groups in total. The van der Waals surface area contributed by atoms with Crippen LogP contribution in [0.25, 0.3) is 0 Å². The smallest absolute Gasteiger partial charge is 0.253 e. The molecule has 0 spiro atoms. The maximum Gasteiger partial charge on any atom is 0.253 e. The first-order chi connectivity index (χ1) is 15.1. The van der Waals surface area contributed by atoms with Gasteiger partial charge in [0.25, 0.3) is 5.91 Å². The number of hydrogen-bond acceptors (Lipinski definition) is 4. The highest BCUT2D eigenvalue weighted by Gasteiger charge is 2.12. The molecule has 0 aromatic heterocycles. The predicted molar refractivity (Wildman–Crippen MR) is 125 cm³/mol. The van der Waals surface area contributed by atoms with Gasteiger partial charge in [-0.1, -0.05) is 18.2 Å². The van der Waals surface area contributed by atoms with Gasteiger partial charge in [-0.3, -0.25) is 4.79 Å². The molecular formula is C24H34N4O3. The fraction of sp³-hybridized carbons (Fsp3) is 0.417. The van der Waals surface area contributed by atoms with Crippen molar-refractivity contribution in [3.8, 4) is 11.5 Å². The van der Waals surface area contributed by atoms with Crippen molar-refractivity contribution >= 4 is 11.9 Å². The third kappa shape index (κ3) is 6.91. The molecule has 31 heavy (non-hydrogen) atoms. The van der Waals surface area contributed by atoms with Crippen molar-refractivity contribution in [1.82, 2.24) is 15.5 Å². The summed E-state index contributed by atoms with van der Waals surface area (Å²) in [4.78, 5) is 18.9. The Morgan fingerprint density at radius 1 is 0.903 bits per heavy atom. The minimum atomic E-state index is 0.0642. The fourth-order valence-electron chi connectivity index (χ4n) is 3.14. The van der Waals surface area contributed by atoms with Gasteiger partial charge >= 0.3 is 0 Å². The average Bonchev–Trinajstić information content (AvgIpc) is 2.81. The van der Waals surface area contributed by atoms with Crippen LogP contribution in [-0.2, 0) is 13.1 Å². The first kappa shape index (κ1) is 24.1. The number of amides is 1. The highest BCUT2D eigenvalue weighted by Crippen LogP contribution is 2.27. The normalized spacial score (nSPS) is 11.1. The van der Waals surface area contributed by atoms with Crippen LogP contribution in [0.4, 0.5) is 0 Å². The van der Waals surface area contributed by atoms with Crippen LogP contribution in [-0.4, -0.2) is 50.6 Å². The van der Waals surface area contributed by atoms with Crippen molar-refractivity contribution in [2.75, 3.05) is 33.9 Å². The van der Waals surface area contributed by atoms with Crippen molar-refractivity contribution in [2.45, 2.75) is 33.9 Å². The minimum Gasteiger partial charge on any atom is -0.493 e. The lowest BCUT2D eigenvalue weighted by Gasteiger charge is -2.18. The van der Waals surface area contributed by atoms with Crippen molar-refractivity contribution in [2.24, 2.45) is 4.99 Å². The Morgan fingerprint density at radius 2 is 1.55 bits per heavy atom. The van der Waals surface area contributed by atoms with Crippen LogP contribution in [0, 0.1) is 0 Å². The van der Waals surface area contributed by atoms with Gasteiger partial charge in [-0.2, -0.15) is 0 Å². The molecule has 7 nitrogen and oxygen atoms in total. The van der Waals surface area contributed by atoms with Crippen molar-refractivity contribution < 1.29 is 14.3 Å². The Bertz CT molecular complexity index is 862. The van der Waals surface area contributed by atoms with E-state index in [1.807, 2.05) is 68.1 Å². The van der Waals surface area contributed by atoms with Gasteiger partial charge in [-0.05, 0) is 56.2 Å². The molecule has 1 amide bonds. The molecule has 2 rings (SSSR count). The number of carbonyl (C=O) groups excluding carboxylic acids is 1. The number of carbonyl (C=O) groups is 1. The van der Waals surface area contributed by atoms with E-state index in [1.54, 1.807) is 14.2 Å². The third-order valence-electron chi connectivity index (χ3n) is 4.92. The summed E-state index contributed by atoms with van der Waals surface area (Å²) >= 11 is 0. The van der Waals surface area contributed by atoms with E-state index in [-0.39, 0.29) is 5.91 Å². The molecule has 0 fully saturated rings. The van der Waals surface area contributed by atoms with Gasteiger partial charge in [0.1, 0.15) is 0 Å². The monoisotopic (exact) mass is 426 g/mol. The summed E-state index contributed by atoms with van der Waals surface area (Å²) in [6, 6.07) is 13.5. The molecule has 2 aromatic rings. The van der Waals surface area contributed by atoms with Gasteiger partial charge in [0.05, 0.1) is 20.8 Å². The Kier molecular flexibility index (Phi) is 9.68. The largest absolute Gasteiger partial charge is 0.493 e. The van der Waals surface area contributed by atoms with E-state index in [9.17, 15) is 4.79 Å². The molecule has 0 aliphatic carbocycles. The van der Waals surface area contributed by atoms with Crippen molar-refractivity contribution in [3.63, 3.8) is 0 Å². The fourth-order valence-corrected chi connectivity index (χ4v) is 3.14. The first-order valence-electron chi connectivity index (χ1n) is 10.7. The lowest BCUT2D eigenvalue weighted by Crippen LogP contribution is -2.36. The number of benzene rings is 2. The van der Waals surface area contributed by atoms with Crippen molar-refractivity contribution in [3.05, 3.63) is 59.2 Å². The summed E-state index contributed by atoms with van der Waals surface area (Å²) in [6.07, 6.45) is 0. The molecule has 168 valence electrons. The van der Waals surface area contributed by atoms with E-state index in [0.717, 1.165) is 23.6 Å². The summed E-state index contributed by atoms with van der Waals surface area (Å²) in [7, 11) is 3.24. The Labute approximate surface area is 185 Å². The Balaban J connectivity index is 2.01. The van der Waals surface area contributed by atoms with Gasteiger partial charge in [-0.25, -0.2) is 4.99 Å². The quantitative estimate of drug-likeness (QED) is 0.450. The number of hydrogen-bond donors (Lipinski definition) is 2. The first-order valence-corrected chi connectivity index (χ1v) is 10.7. The number of methoxy groups -OCH3 is 2. The van der Waals surface area contributed by atoms with Gasteiger partial charge < -0.3 is 25.0 Å². The van der Waals surface area contributed by atoms with E-state index in [0.29, 0.717) is 43.2 Å². The second-order valence-electron chi connectivity index (χ2n) is 6.91. The zero-order valence-corrected chi connectivity index (χ0v) is 19.2. The summed E-state index contributed by atoms with van der Waals surface area (Å²) in [5.74, 6) is 2.17. The standard InChI is InChI=1S/C24H34N4O3/c1-6-25-24(27-17-19-11-14-21(30-4)22(15-19)31-5)26-16-18-9-12-20(13-10-18)23(29)28(7-2)8-3/h9-15H,6-8,16-17H2,1-5H3,(H2,25,26,27). The summed E-state index contributed by atoms with van der Waals surface area (Å²) in [5, 5.41) is 6.60. The van der Waals surface area contributed by atoms with Crippen LogP contribution >= 0.6 is 0 Å². The van der Waals surface area contributed by atoms with E-state index in [2.05, 4.69) is 15.6 Å². The van der Waals surface area contributed by atoms with Gasteiger partial charge in [0.15, 0.2) is 17.5 Å². The van der Waals surface area contributed by atoms with Gasteiger partial charge in [0, 0.05) is 31.7 Å². The van der Waals surface area contributed by atoms with E-state index < -0.39 is 0 Å². The van der Waals surface area contributed by atoms with Gasteiger partial charge in [0.2, 0.25) is 0 Å². The maximum atomic E-state index is 12.4. The molecule has 0 saturated carbocycles. The molecule has 0 atom stereocenters. The van der Waals surface area contributed by atoms with E-state index in [1.165, 1.54) is 0 Å². The highest BCUT2D eigenvalue weighted by molar-refractivity contribution is 5.94. The number of rotatable bonds is 10. The number of nitrogens with zero attached hydrogens (tertiary/aromatic N) is 2. The van der Waals surface area contributed by atoms with Crippen LogP contribution in [0.2, 0.25) is 0 Å². The summed E-state index contributed by atoms with van der Waals surface area (Å²) in [6.45, 7) is 9.30. The van der Waals surface area contributed by atoms with Crippen LogP contribution in [0.1, 0.15) is 42.3 Å². The van der Waals surface area contributed by atoms with E-state index >= 15 is 0 Å². The number of nitrogens with one attached hydrogen (secondary N) is 2. The molecule has 2 aromatic carbocycles. The number of ether oxygens (including phenoxy) is 2. The second kappa shape index (κ2) is 12.5. The maximum absolute atomic E-state index is 12.4. The lowest BCUT2D eigenvalue weighted by molar-refractivity contribution is 0.0773. The summed E-state index contributed by atoms with van der Waals surface area (Å²) < 4.78 is 10.6. The molecular weight excluding hydrogens is 392 g/mol. The Morgan fingerprint density at radius 3 is 2.13 bits per heavy atom. The number of guanidine groups is 1. The molecule has 0 bridgehead atoms. The van der Waals surface area contributed by atoms with Crippen LogP contribution in [0.5, 0.6) is 11.5 Å². The topological polar surface area (TPSA) is 75.2 Å². The Hall–Kier alpha value is -3.22. The molecule has 0 aliphatic heterocycles. The molecule has 7 heteroatoms. The molecule has 0 aliphatic rings. The zero-order chi connectivity index (χ0) is 22.6. The molecule has 0 radical (unpaired) electrons. The second-order valence-corrected chi connectivity index (χ2v) is 6.91. The van der Waals surface area contributed by atoms with Crippen molar-refractivity contribution in [1.29, 1.82) is 0 Å². The lowest BCUT2D eigenvalue weighted by atomic mass is 10.1. The minimum absolute atomic E-state index is 0.0642. The van der Waals surface area contributed by atoms with Crippen LogP contribution in [0.15, 0.2) is 47.5 Å². The SMILES string of the molecule is CCNC(=NCc1ccc(OC)c(OC)c1)NCc1ccc(C(=O)N(CC)CC)cc1. The predicted octanol–water partition coefficient (Wildman–Crippen LogP) is 3.44. The molecule has 0 unspecified atom stereocenters. The third-order valence-corrected chi connectivity index (χ3v) is 4.92. The zero-order valence-electron chi connectivity index (χ0n) is 19.2. The van der Waals surface area contributed by atoms with Gasteiger partial charge in [-0.15, -0.1) is 0 Å². The highest BCUT2D eigenvalue weighted by atomic mass is 16.5. The van der Waals surface area contributed by atoms with Crippen LogP contribution < -0.4 is 20.1 Å². The summed E-state index contributed by atoms with van der Waals surface area (Å²) in [5.41, 5.74) is 2.81. The molecule has 0 saturated heterocycles. The van der Waals surface area contributed by atoms with Crippen LogP contribution in [0.3, 0.4) is 0 Å².